The molecule has 2 amide bonds. The fourth-order valence-electron chi connectivity index (χ4n) is 2.48. The van der Waals surface area contributed by atoms with Crippen molar-refractivity contribution in [2.75, 3.05) is 26.2 Å². The zero-order valence-corrected chi connectivity index (χ0v) is 14.9. The number of tetrazole rings is 1. The minimum absolute atomic E-state index is 0.0742. The summed E-state index contributed by atoms with van der Waals surface area (Å²) in [7, 11) is 0. The first-order chi connectivity index (χ1) is 11.5. The Kier molecular flexibility index (Phi) is 5.10. The Morgan fingerprint density at radius 2 is 1.88 bits per heavy atom. The van der Waals surface area contributed by atoms with Gasteiger partial charge in [-0.05, 0) is 28.6 Å². The summed E-state index contributed by atoms with van der Waals surface area (Å²) in [4.78, 5) is 28.2. The van der Waals surface area contributed by atoms with Gasteiger partial charge in [-0.2, -0.15) is 0 Å². The van der Waals surface area contributed by atoms with E-state index in [1.165, 1.54) is 11.0 Å². The number of nitrogens with zero attached hydrogens (tertiary/aromatic N) is 6. The molecule has 126 valence electrons. The van der Waals surface area contributed by atoms with Crippen LogP contribution in [0.25, 0.3) is 0 Å². The second-order valence-electron chi connectivity index (χ2n) is 5.30. The molecule has 0 spiro atoms. The molecule has 0 atom stereocenters. The SMILES string of the molecule is O=C(Cn1cnnn1)N1CCN(C(=O)c2cc(Br)ccc2Cl)CC1. The fourth-order valence-corrected chi connectivity index (χ4v) is 3.04. The van der Waals surface area contributed by atoms with E-state index in [0.29, 0.717) is 36.8 Å². The zero-order chi connectivity index (χ0) is 17.1. The van der Waals surface area contributed by atoms with Gasteiger partial charge in [-0.15, -0.1) is 5.10 Å². The largest absolute Gasteiger partial charge is 0.338 e. The van der Waals surface area contributed by atoms with Crippen LogP contribution in [0.2, 0.25) is 5.02 Å². The molecule has 1 aliphatic rings. The van der Waals surface area contributed by atoms with Crippen LogP contribution in [0.15, 0.2) is 29.0 Å². The van der Waals surface area contributed by atoms with Gasteiger partial charge in [-0.3, -0.25) is 9.59 Å². The van der Waals surface area contributed by atoms with E-state index in [0.717, 1.165) is 4.47 Å². The Balaban J connectivity index is 1.59. The molecule has 0 unspecified atom stereocenters. The van der Waals surface area contributed by atoms with Crippen LogP contribution in [-0.4, -0.2) is 68.0 Å². The molecule has 0 bridgehead atoms. The Morgan fingerprint density at radius 3 is 2.54 bits per heavy atom. The van der Waals surface area contributed by atoms with Crippen LogP contribution < -0.4 is 0 Å². The number of benzene rings is 1. The summed E-state index contributed by atoms with van der Waals surface area (Å²) in [5, 5.41) is 11.1. The Morgan fingerprint density at radius 1 is 1.17 bits per heavy atom. The molecule has 0 radical (unpaired) electrons. The van der Waals surface area contributed by atoms with Gasteiger partial charge in [0.05, 0.1) is 10.6 Å². The van der Waals surface area contributed by atoms with Crippen LogP contribution in [0.5, 0.6) is 0 Å². The van der Waals surface area contributed by atoms with Gasteiger partial charge < -0.3 is 9.80 Å². The van der Waals surface area contributed by atoms with E-state index < -0.39 is 0 Å². The number of piperazine rings is 1. The molecule has 2 heterocycles. The van der Waals surface area contributed by atoms with Crippen LogP contribution in [0.3, 0.4) is 0 Å². The number of amides is 2. The van der Waals surface area contributed by atoms with Crippen molar-refractivity contribution in [2.24, 2.45) is 0 Å². The molecule has 3 rings (SSSR count). The van der Waals surface area contributed by atoms with Gasteiger partial charge in [0.25, 0.3) is 5.91 Å². The molecule has 1 aromatic carbocycles. The molecule has 1 saturated heterocycles. The molecule has 0 saturated carbocycles. The number of halogens is 2. The number of carbonyl (C=O) groups is 2. The molecule has 1 fully saturated rings. The second kappa shape index (κ2) is 7.27. The Hall–Kier alpha value is -2.00. The lowest BCUT2D eigenvalue weighted by atomic mass is 10.2. The van der Waals surface area contributed by atoms with Crippen LogP contribution >= 0.6 is 27.5 Å². The number of carbonyl (C=O) groups excluding carboxylic acids is 2. The van der Waals surface area contributed by atoms with Crippen molar-refractivity contribution in [3.63, 3.8) is 0 Å². The highest BCUT2D eigenvalue weighted by molar-refractivity contribution is 9.10. The highest BCUT2D eigenvalue weighted by Crippen LogP contribution is 2.23. The number of hydrogen-bond acceptors (Lipinski definition) is 5. The standard InChI is InChI=1S/C14H14BrClN6O2/c15-10-1-2-12(16)11(7-10)14(24)21-5-3-20(4-6-21)13(23)8-22-9-17-18-19-22/h1-2,7,9H,3-6,8H2. The second-order valence-corrected chi connectivity index (χ2v) is 6.63. The predicted molar refractivity (Wildman–Crippen MR) is 89.5 cm³/mol. The van der Waals surface area contributed by atoms with E-state index in [9.17, 15) is 9.59 Å². The minimum atomic E-state index is -0.131. The number of rotatable bonds is 3. The highest BCUT2D eigenvalue weighted by atomic mass is 79.9. The maximum Gasteiger partial charge on any atom is 0.255 e. The molecular weight excluding hydrogens is 400 g/mol. The smallest absolute Gasteiger partial charge is 0.255 e. The third-order valence-corrected chi connectivity index (χ3v) is 4.59. The van der Waals surface area contributed by atoms with Crippen molar-refractivity contribution in [1.29, 1.82) is 0 Å². The van der Waals surface area contributed by atoms with Gasteiger partial charge in [0.1, 0.15) is 12.9 Å². The summed E-state index contributed by atoms with van der Waals surface area (Å²) in [6.45, 7) is 1.96. The summed E-state index contributed by atoms with van der Waals surface area (Å²) in [6, 6.07) is 5.18. The van der Waals surface area contributed by atoms with Crippen molar-refractivity contribution in [3.05, 3.63) is 39.6 Å². The maximum atomic E-state index is 12.6. The molecular formula is C14H14BrClN6O2. The third-order valence-electron chi connectivity index (χ3n) is 3.77. The van der Waals surface area contributed by atoms with Gasteiger partial charge >= 0.3 is 0 Å². The molecule has 1 aliphatic heterocycles. The fraction of sp³-hybridized carbons (Fsp3) is 0.357. The van der Waals surface area contributed by atoms with E-state index >= 15 is 0 Å². The third kappa shape index (κ3) is 3.73. The lowest BCUT2D eigenvalue weighted by molar-refractivity contribution is -0.133. The first-order valence-electron chi connectivity index (χ1n) is 7.27. The molecule has 24 heavy (non-hydrogen) atoms. The van der Waals surface area contributed by atoms with Gasteiger partial charge in [0.2, 0.25) is 5.91 Å². The van der Waals surface area contributed by atoms with Crippen LogP contribution in [-0.2, 0) is 11.3 Å². The van der Waals surface area contributed by atoms with E-state index in [-0.39, 0.29) is 18.4 Å². The Bertz CT molecular complexity index is 746. The quantitative estimate of drug-likeness (QED) is 0.752. The van der Waals surface area contributed by atoms with Crippen LogP contribution in [0.4, 0.5) is 0 Å². The van der Waals surface area contributed by atoms with Crippen molar-refractivity contribution in [1.82, 2.24) is 30.0 Å². The van der Waals surface area contributed by atoms with E-state index in [1.807, 2.05) is 0 Å². The highest BCUT2D eigenvalue weighted by Gasteiger charge is 2.26. The van der Waals surface area contributed by atoms with Crippen molar-refractivity contribution < 1.29 is 9.59 Å². The molecule has 1 aromatic heterocycles. The average Bonchev–Trinajstić information content (AvgIpc) is 3.09. The summed E-state index contributed by atoms with van der Waals surface area (Å²) in [6.07, 6.45) is 1.40. The van der Waals surface area contributed by atoms with E-state index in [4.69, 9.17) is 11.6 Å². The lowest BCUT2D eigenvalue weighted by Crippen LogP contribution is -2.51. The van der Waals surface area contributed by atoms with Gasteiger partial charge in [0, 0.05) is 30.7 Å². The van der Waals surface area contributed by atoms with Gasteiger partial charge in [0.15, 0.2) is 0 Å². The summed E-state index contributed by atoms with van der Waals surface area (Å²) in [5.74, 6) is -0.205. The first kappa shape index (κ1) is 16.8. The number of hydrogen-bond donors (Lipinski definition) is 0. The monoisotopic (exact) mass is 412 g/mol. The van der Waals surface area contributed by atoms with Gasteiger partial charge in [-0.1, -0.05) is 27.5 Å². The minimum Gasteiger partial charge on any atom is -0.338 e. The summed E-state index contributed by atoms with van der Waals surface area (Å²) < 4.78 is 2.17. The van der Waals surface area contributed by atoms with E-state index in [2.05, 4.69) is 31.5 Å². The van der Waals surface area contributed by atoms with Gasteiger partial charge in [-0.25, -0.2) is 4.68 Å². The molecule has 0 N–H and O–H groups in total. The normalized spacial score (nSPS) is 14.8. The van der Waals surface area contributed by atoms with Crippen molar-refractivity contribution in [3.8, 4) is 0 Å². The van der Waals surface area contributed by atoms with Crippen LogP contribution in [0.1, 0.15) is 10.4 Å². The molecule has 8 nitrogen and oxygen atoms in total. The molecule has 10 heteroatoms. The molecule has 2 aromatic rings. The van der Waals surface area contributed by atoms with Crippen molar-refractivity contribution in [2.45, 2.75) is 6.54 Å². The lowest BCUT2D eigenvalue weighted by Gasteiger charge is -2.34. The first-order valence-corrected chi connectivity index (χ1v) is 8.44. The maximum absolute atomic E-state index is 12.6. The molecule has 0 aliphatic carbocycles. The average molecular weight is 414 g/mol. The van der Waals surface area contributed by atoms with Crippen molar-refractivity contribution >= 4 is 39.3 Å². The summed E-state index contributed by atoms with van der Waals surface area (Å²) in [5.41, 5.74) is 0.458. The zero-order valence-electron chi connectivity index (χ0n) is 12.6. The number of aromatic nitrogens is 4. The Labute approximate surface area is 151 Å². The predicted octanol–water partition coefficient (Wildman–Crippen LogP) is 1.07. The van der Waals surface area contributed by atoms with Crippen LogP contribution in [0, 0.1) is 0 Å². The topological polar surface area (TPSA) is 84.2 Å². The van der Waals surface area contributed by atoms with E-state index in [1.54, 1.807) is 28.0 Å². The summed E-state index contributed by atoms with van der Waals surface area (Å²) >= 11 is 9.46.